The predicted molar refractivity (Wildman–Crippen MR) is 257 cm³/mol. The quantitative estimate of drug-likeness (QED) is 0.0269. The zero-order valence-electron chi connectivity index (χ0n) is 40.0. The average Bonchev–Trinajstić information content (AvgIpc) is 3.24. The average molecular weight is 872 g/mol. The van der Waals surface area contributed by atoms with Gasteiger partial charge in [-0.05, 0) is 38.5 Å². The normalized spacial score (nSPS) is 13.3. The lowest BCUT2D eigenvalue weighted by Crippen LogP contribution is -2.28. The molecule has 8 nitrogen and oxygen atoms in total. The van der Waals surface area contributed by atoms with E-state index in [0.29, 0.717) is 13.0 Å². The molecule has 0 fully saturated rings. The van der Waals surface area contributed by atoms with Crippen LogP contribution in [0, 0.1) is 0 Å². The fourth-order valence-corrected chi connectivity index (χ4v) is 8.58. The second kappa shape index (κ2) is 49.3. The molecule has 0 aromatic carbocycles. The summed E-state index contributed by atoms with van der Waals surface area (Å²) in [5, 5.41) is 0. The lowest BCUT2D eigenvalue weighted by molar-refractivity contribution is -0.154. The lowest BCUT2D eigenvalue weighted by Gasteiger charge is -2.20. The molecule has 3 N–H and O–H groups in total. The molecule has 0 rings (SSSR count). The van der Waals surface area contributed by atoms with Gasteiger partial charge in [0.1, 0.15) is 6.10 Å². The van der Waals surface area contributed by atoms with Crippen molar-refractivity contribution in [3.05, 3.63) is 12.2 Å². The highest BCUT2D eigenvalue weighted by Gasteiger charge is 2.25. The first-order valence-electron chi connectivity index (χ1n) is 26.2. The van der Waals surface area contributed by atoms with Crippen LogP contribution < -0.4 is 5.73 Å². The second-order valence-corrected chi connectivity index (χ2v) is 19.2. The fourth-order valence-electron chi connectivity index (χ4n) is 7.82. The van der Waals surface area contributed by atoms with E-state index in [1.165, 1.54) is 218 Å². The highest BCUT2D eigenvalue weighted by atomic mass is 31.2. The molecule has 0 bridgehead atoms. The van der Waals surface area contributed by atoms with Crippen molar-refractivity contribution in [2.24, 2.45) is 5.73 Å². The van der Waals surface area contributed by atoms with E-state index in [-0.39, 0.29) is 32.3 Å². The van der Waals surface area contributed by atoms with Crippen molar-refractivity contribution in [1.29, 1.82) is 0 Å². The fraction of sp³-hybridized carbons (Fsp3) is 0.941. The van der Waals surface area contributed by atoms with Crippen molar-refractivity contribution in [3.8, 4) is 0 Å². The molecule has 0 aromatic heterocycles. The summed E-state index contributed by atoms with van der Waals surface area (Å²) in [6.45, 7) is 4.99. The molecule has 60 heavy (non-hydrogen) atoms. The third-order valence-corrected chi connectivity index (χ3v) is 12.7. The monoisotopic (exact) mass is 872 g/mol. The van der Waals surface area contributed by atoms with Gasteiger partial charge < -0.3 is 20.1 Å². The number of nitrogens with two attached hydrogens (primary N) is 1. The van der Waals surface area contributed by atoms with Crippen LogP contribution in [-0.4, -0.2) is 49.9 Å². The van der Waals surface area contributed by atoms with Gasteiger partial charge in [-0.25, -0.2) is 4.57 Å². The number of unbranched alkanes of at least 4 members (excludes halogenated alkanes) is 36. The third-order valence-electron chi connectivity index (χ3n) is 11.7. The summed E-state index contributed by atoms with van der Waals surface area (Å²) in [5.74, 6) is -0.323. The molecule has 0 saturated heterocycles. The van der Waals surface area contributed by atoms with Crippen LogP contribution in [-0.2, 0) is 27.9 Å². The number of allylic oxidation sites excluding steroid dienone is 2. The Hall–Kier alpha value is -0.760. The Morgan fingerprint density at radius 1 is 0.483 bits per heavy atom. The van der Waals surface area contributed by atoms with Crippen LogP contribution in [0.3, 0.4) is 0 Å². The number of hydrogen-bond donors (Lipinski definition) is 2. The maximum absolute atomic E-state index is 12.7. The van der Waals surface area contributed by atoms with E-state index in [1.807, 2.05) is 0 Å². The molecular weight excluding hydrogens is 770 g/mol. The molecule has 0 aliphatic carbocycles. The maximum atomic E-state index is 12.7. The summed E-state index contributed by atoms with van der Waals surface area (Å²) in [7, 11) is -4.28. The van der Waals surface area contributed by atoms with Gasteiger partial charge >= 0.3 is 13.8 Å². The summed E-state index contributed by atoms with van der Waals surface area (Å²) in [6, 6.07) is 0. The molecule has 0 aliphatic heterocycles. The van der Waals surface area contributed by atoms with Gasteiger partial charge in [-0.15, -0.1) is 0 Å². The van der Waals surface area contributed by atoms with Crippen LogP contribution in [0.15, 0.2) is 12.2 Å². The number of phosphoric acid groups is 1. The summed E-state index contributed by atoms with van der Waals surface area (Å²) < 4.78 is 33.6. The van der Waals surface area contributed by atoms with Crippen molar-refractivity contribution in [3.63, 3.8) is 0 Å². The van der Waals surface area contributed by atoms with Crippen LogP contribution in [0.1, 0.15) is 271 Å². The number of ether oxygens (including phenoxy) is 2. The van der Waals surface area contributed by atoms with Crippen LogP contribution in [0.25, 0.3) is 0 Å². The summed E-state index contributed by atoms with van der Waals surface area (Å²) >= 11 is 0. The Morgan fingerprint density at radius 2 is 0.833 bits per heavy atom. The van der Waals surface area contributed by atoms with E-state index in [1.54, 1.807) is 0 Å². The van der Waals surface area contributed by atoms with Gasteiger partial charge in [0.05, 0.1) is 19.8 Å². The molecule has 0 spiro atoms. The van der Waals surface area contributed by atoms with E-state index >= 15 is 0 Å². The van der Waals surface area contributed by atoms with Gasteiger partial charge in [0.15, 0.2) is 0 Å². The topological polar surface area (TPSA) is 117 Å². The van der Waals surface area contributed by atoms with Crippen LogP contribution in [0.4, 0.5) is 0 Å². The molecule has 0 aliphatic rings. The Bertz CT molecular complexity index is 935. The van der Waals surface area contributed by atoms with Gasteiger partial charge in [-0.1, -0.05) is 238 Å². The Kier molecular flexibility index (Phi) is 48.6. The minimum Gasteiger partial charge on any atom is -0.457 e. The number of esters is 1. The van der Waals surface area contributed by atoms with E-state index in [4.69, 9.17) is 24.3 Å². The van der Waals surface area contributed by atoms with Crippen LogP contribution in [0.2, 0.25) is 0 Å². The molecule has 9 heteroatoms. The van der Waals surface area contributed by atoms with Crippen LogP contribution in [0.5, 0.6) is 0 Å². The minimum atomic E-state index is -4.28. The van der Waals surface area contributed by atoms with Gasteiger partial charge in [-0.2, -0.15) is 0 Å². The van der Waals surface area contributed by atoms with E-state index in [0.717, 1.165) is 32.1 Å². The molecule has 0 radical (unpaired) electrons. The van der Waals surface area contributed by atoms with E-state index < -0.39 is 13.9 Å². The summed E-state index contributed by atoms with van der Waals surface area (Å²) in [5.41, 5.74) is 5.39. The van der Waals surface area contributed by atoms with Gasteiger partial charge in [0.2, 0.25) is 0 Å². The van der Waals surface area contributed by atoms with Gasteiger partial charge in [0.25, 0.3) is 0 Å². The van der Waals surface area contributed by atoms with Crippen LogP contribution >= 0.6 is 7.82 Å². The predicted octanol–water partition coefficient (Wildman–Crippen LogP) is 16.2. The number of hydrogen-bond acceptors (Lipinski definition) is 7. The van der Waals surface area contributed by atoms with Crippen molar-refractivity contribution >= 4 is 13.8 Å². The molecule has 358 valence electrons. The number of carbonyl (C=O) groups is 1. The smallest absolute Gasteiger partial charge is 0.457 e. The Morgan fingerprint density at radius 3 is 1.22 bits per heavy atom. The highest BCUT2D eigenvalue weighted by Crippen LogP contribution is 2.43. The zero-order chi connectivity index (χ0) is 43.7. The number of phosphoric ester groups is 1. The number of carbonyl (C=O) groups excluding carboxylic acids is 1. The first-order valence-corrected chi connectivity index (χ1v) is 27.7. The SMILES string of the molecule is CCCCCCCCCC/C=C\CCCCCCCCCCCCCCCC(=O)OC(COCCCCCCCCCCCCCCCCCC)COP(=O)(O)OCCN. The van der Waals surface area contributed by atoms with Gasteiger partial charge in [-0.3, -0.25) is 13.8 Å². The summed E-state index contributed by atoms with van der Waals surface area (Å²) in [6.07, 6.45) is 55.3. The Labute approximate surface area is 373 Å². The number of rotatable bonds is 51. The molecular formula is C51H102NO7P. The van der Waals surface area contributed by atoms with E-state index in [9.17, 15) is 14.3 Å². The zero-order valence-corrected chi connectivity index (χ0v) is 40.9. The third kappa shape index (κ3) is 48.3. The first-order chi connectivity index (χ1) is 29.4. The standard InChI is InChI=1S/C51H102NO7P/c1-3-5-7-9-11-13-15-17-19-21-22-23-24-25-26-27-28-29-30-32-34-36-38-40-42-44-51(53)59-50(49-58-60(54,55)57-47-45-52)48-56-46-43-41-39-37-35-33-31-20-18-16-14-12-10-8-6-4-2/h21-22,50H,3-20,23-49,52H2,1-2H3,(H,54,55)/b22-21-. The lowest BCUT2D eigenvalue weighted by atomic mass is 10.0. The molecule has 2 atom stereocenters. The van der Waals surface area contributed by atoms with Crippen molar-refractivity contribution in [2.75, 3.05) is 33.0 Å². The second-order valence-electron chi connectivity index (χ2n) is 17.7. The van der Waals surface area contributed by atoms with Crippen molar-refractivity contribution in [1.82, 2.24) is 0 Å². The first kappa shape index (κ1) is 59.2. The molecule has 0 heterocycles. The Balaban J connectivity index is 3.86. The van der Waals surface area contributed by atoms with Gasteiger partial charge in [0, 0.05) is 19.6 Å². The minimum absolute atomic E-state index is 0.0914. The van der Waals surface area contributed by atoms with E-state index in [2.05, 4.69) is 26.0 Å². The van der Waals surface area contributed by atoms with Crippen molar-refractivity contribution in [2.45, 2.75) is 277 Å². The molecule has 2 unspecified atom stereocenters. The molecule has 0 amide bonds. The van der Waals surface area contributed by atoms with Crippen molar-refractivity contribution < 1.29 is 32.8 Å². The largest absolute Gasteiger partial charge is 0.472 e. The molecule has 0 saturated carbocycles. The maximum Gasteiger partial charge on any atom is 0.472 e. The molecule has 0 aromatic rings. The summed E-state index contributed by atoms with van der Waals surface area (Å²) in [4.78, 5) is 22.6. The highest BCUT2D eigenvalue weighted by molar-refractivity contribution is 7.47.